The molecule has 3 rings (SSSR count). The molecule has 1 fully saturated rings. The van der Waals surface area contributed by atoms with Crippen LogP contribution in [0.25, 0.3) is 12.2 Å². The van der Waals surface area contributed by atoms with Crippen molar-refractivity contribution in [2.75, 3.05) is 14.2 Å². The quantitative estimate of drug-likeness (QED) is 0.568. The number of carbonyl (C=O) groups excluding carboxylic acids is 1. The van der Waals surface area contributed by atoms with Crippen LogP contribution in [0, 0.1) is 0 Å². The Morgan fingerprint density at radius 1 is 0.815 bits per heavy atom. The number of methoxy groups -OCH3 is 2. The van der Waals surface area contributed by atoms with Gasteiger partial charge in [-0.3, -0.25) is 4.79 Å². The van der Waals surface area contributed by atoms with Gasteiger partial charge in [0.2, 0.25) is 0 Å². The second-order valence-electron chi connectivity index (χ2n) is 6.31. The van der Waals surface area contributed by atoms with Crippen LogP contribution in [0.15, 0.2) is 47.5 Å². The minimum atomic E-state index is 0.0696. The van der Waals surface area contributed by atoms with Gasteiger partial charge in [-0.05, 0) is 66.8 Å². The van der Waals surface area contributed by atoms with Gasteiger partial charge in [-0.1, -0.05) is 35.3 Å². The van der Waals surface area contributed by atoms with Gasteiger partial charge < -0.3 is 9.47 Å². The monoisotopic (exact) mass is 402 g/mol. The molecule has 0 amide bonds. The maximum Gasteiger partial charge on any atom is 0.185 e. The highest BCUT2D eigenvalue weighted by Gasteiger charge is 2.20. The van der Waals surface area contributed by atoms with Gasteiger partial charge in [0.15, 0.2) is 5.78 Å². The SMILES string of the molecule is COc1ccc(/C=C2\CCC/C(=C\c3ccc(OC)c(Cl)c3)C2=O)cc1Cl. The smallest absolute Gasteiger partial charge is 0.185 e. The summed E-state index contributed by atoms with van der Waals surface area (Å²) in [6.45, 7) is 0. The molecule has 27 heavy (non-hydrogen) atoms. The summed E-state index contributed by atoms with van der Waals surface area (Å²) in [5, 5.41) is 1.05. The van der Waals surface area contributed by atoms with E-state index in [1.165, 1.54) is 0 Å². The summed E-state index contributed by atoms with van der Waals surface area (Å²) in [7, 11) is 3.15. The van der Waals surface area contributed by atoms with E-state index in [9.17, 15) is 4.79 Å². The molecule has 5 heteroatoms. The van der Waals surface area contributed by atoms with Crippen LogP contribution in [0.2, 0.25) is 10.0 Å². The molecule has 0 aromatic heterocycles. The molecule has 0 spiro atoms. The number of ether oxygens (including phenoxy) is 2. The Morgan fingerprint density at radius 2 is 1.26 bits per heavy atom. The number of Topliss-reactive ketones (excluding diaryl/α,β-unsaturated/α-hetero) is 1. The molecule has 1 aliphatic rings. The maximum absolute atomic E-state index is 12.9. The van der Waals surface area contributed by atoms with E-state index in [-0.39, 0.29) is 5.78 Å². The molecule has 0 N–H and O–H groups in total. The van der Waals surface area contributed by atoms with Crippen LogP contribution >= 0.6 is 23.2 Å². The highest BCUT2D eigenvalue weighted by Crippen LogP contribution is 2.32. The predicted molar refractivity (Wildman–Crippen MR) is 111 cm³/mol. The van der Waals surface area contributed by atoms with Crippen LogP contribution in [0.5, 0.6) is 11.5 Å². The predicted octanol–water partition coefficient (Wildman–Crippen LogP) is 6.23. The lowest BCUT2D eigenvalue weighted by molar-refractivity contribution is -0.112. The van der Waals surface area contributed by atoms with Gasteiger partial charge in [0.05, 0.1) is 24.3 Å². The molecular formula is C22H20Cl2O3. The zero-order valence-electron chi connectivity index (χ0n) is 15.2. The lowest BCUT2D eigenvalue weighted by atomic mass is 9.87. The third-order valence-corrected chi connectivity index (χ3v) is 5.10. The summed E-state index contributed by atoms with van der Waals surface area (Å²) < 4.78 is 10.3. The van der Waals surface area contributed by atoms with Crippen LogP contribution in [0.1, 0.15) is 30.4 Å². The highest BCUT2D eigenvalue weighted by molar-refractivity contribution is 6.32. The first-order chi connectivity index (χ1) is 13.0. The van der Waals surface area contributed by atoms with Crippen molar-refractivity contribution in [1.82, 2.24) is 0 Å². The Morgan fingerprint density at radius 3 is 1.63 bits per heavy atom. The Labute approximate surface area is 169 Å². The molecule has 1 saturated carbocycles. The molecular weight excluding hydrogens is 383 g/mol. The molecule has 0 saturated heterocycles. The summed E-state index contributed by atoms with van der Waals surface area (Å²) in [5.74, 6) is 1.30. The number of allylic oxidation sites excluding steroid dienone is 2. The van der Waals surface area contributed by atoms with E-state index in [2.05, 4.69) is 0 Å². The molecule has 1 aliphatic carbocycles. The maximum atomic E-state index is 12.9. The summed E-state index contributed by atoms with van der Waals surface area (Å²) >= 11 is 12.4. The molecule has 0 unspecified atom stereocenters. The van der Waals surface area contributed by atoms with Crippen molar-refractivity contribution in [2.45, 2.75) is 19.3 Å². The van der Waals surface area contributed by atoms with Gasteiger partial charge in [-0.15, -0.1) is 0 Å². The van der Waals surface area contributed by atoms with Crippen molar-refractivity contribution < 1.29 is 14.3 Å². The number of hydrogen-bond donors (Lipinski definition) is 0. The Balaban J connectivity index is 1.87. The fourth-order valence-electron chi connectivity index (χ4n) is 3.13. The largest absolute Gasteiger partial charge is 0.495 e. The number of ketones is 1. The molecule has 0 bridgehead atoms. The van der Waals surface area contributed by atoms with Crippen molar-refractivity contribution >= 4 is 41.1 Å². The summed E-state index contributed by atoms with van der Waals surface area (Å²) in [5.41, 5.74) is 3.34. The van der Waals surface area contributed by atoms with Crippen molar-refractivity contribution in [3.8, 4) is 11.5 Å². The first-order valence-corrected chi connectivity index (χ1v) is 9.40. The molecule has 2 aromatic rings. The number of rotatable bonds is 4. The van der Waals surface area contributed by atoms with Crippen LogP contribution < -0.4 is 9.47 Å². The van der Waals surface area contributed by atoms with E-state index in [1.54, 1.807) is 26.4 Å². The molecule has 0 heterocycles. The minimum Gasteiger partial charge on any atom is -0.495 e. The standard InChI is InChI=1S/C22H20Cl2O3/c1-26-20-8-6-14(12-18(20)23)10-16-4-3-5-17(22(16)25)11-15-7-9-21(27-2)19(24)13-15/h6-13H,3-5H2,1-2H3/b16-10+,17-11+. The van der Waals surface area contributed by atoms with E-state index in [0.29, 0.717) is 21.5 Å². The average Bonchev–Trinajstić information content (AvgIpc) is 2.65. The summed E-state index contributed by atoms with van der Waals surface area (Å²) in [6.07, 6.45) is 6.24. The molecule has 0 aliphatic heterocycles. The van der Waals surface area contributed by atoms with Crippen LogP contribution in [-0.4, -0.2) is 20.0 Å². The van der Waals surface area contributed by atoms with E-state index < -0.39 is 0 Å². The van der Waals surface area contributed by atoms with Crippen LogP contribution in [-0.2, 0) is 4.79 Å². The molecule has 3 nitrogen and oxygen atoms in total. The van der Waals surface area contributed by atoms with Crippen molar-refractivity contribution in [1.29, 1.82) is 0 Å². The normalized spacial score (nSPS) is 17.4. The zero-order valence-corrected chi connectivity index (χ0v) is 16.7. The van der Waals surface area contributed by atoms with Gasteiger partial charge in [-0.2, -0.15) is 0 Å². The van der Waals surface area contributed by atoms with Crippen molar-refractivity contribution in [3.63, 3.8) is 0 Å². The van der Waals surface area contributed by atoms with Gasteiger partial charge in [0, 0.05) is 11.1 Å². The molecule has 0 radical (unpaired) electrons. The molecule has 140 valence electrons. The second kappa shape index (κ2) is 8.64. The first kappa shape index (κ1) is 19.5. The van der Waals surface area contributed by atoms with Crippen molar-refractivity contribution in [3.05, 3.63) is 68.7 Å². The van der Waals surface area contributed by atoms with Crippen LogP contribution in [0.3, 0.4) is 0 Å². The van der Waals surface area contributed by atoms with Gasteiger partial charge in [0.25, 0.3) is 0 Å². The van der Waals surface area contributed by atoms with Gasteiger partial charge in [-0.25, -0.2) is 0 Å². The van der Waals surface area contributed by atoms with Crippen LogP contribution in [0.4, 0.5) is 0 Å². The molecule has 2 aromatic carbocycles. The molecule has 0 atom stereocenters. The van der Waals surface area contributed by atoms with Gasteiger partial charge in [0.1, 0.15) is 11.5 Å². The Kier molecular flexibility index (Phi) is 6.25. The summed E-state index contributed by atoms with van der Waals surface area (Å²) in [6, 6.07) is 11.0. The number of carbonyl (C=O) groups is 1. The average molecular weight is 403 g/mol. The van der Waals surface area contributed by atoms with Gasteiger partial charge >= 0.3 is 0 Å². The third kappa shape index (κ3) is 4.55. The Bertz CT molecular complexity index is 856. The van der Waals surface area contributed by atoms with E-state index in [4.69, 9.17) is 32.7 Å². The topological polar surface area (TPSA) is 35.5 Å². The second-order valence-corrected chi connectivity index (χ2v) is 7.12. The fourth-order valence-corrected chi connectivity index (χ4v) is 3.66. The third-order valence-electron chi connectivity index (χ3n) is 4.51. The summed E-state index contributed by atoms with van der Waals surface area (Å²) in [4.78, 5) is 12.9. The first-order valence-electron chi connectivity index (χ1n) is 8.64. The minimum absolute atomic E-state index is 0.0696. The number of hydrogen-bond acceptors (Lipinski definition) is 3. The van der Waals surface area contributed by atoms with E-state index in [1.807, 2.05) is 36.4 Å². The lowest BCUT2D eigenvalue weighted by Gasteiger charge is -2.17. The highest BCUT2D eigenvalue weighted by atomic mass is 35.5. The van der Waals surface area contributed by atoms with Crippen molar-refractivity contribution in [2.24, 2.45) is 0 Å². The number of halogens is 2. The zero-order chi connectivity index (χ0) is 19.4. The van der Waals surface area contributed by atoms with E-state index in [0.717, 1.165) is 41.5 Å². The number of benzene rings is 2. The Hall–Kier alpha value is -2.23. The fraction of sp³-hybridized carbons (Fsp3) is 0.227. The lowest BCUT2D eigenvalue weighted by Crippen LogP contribution is -2.12. The van der Waals surface area contributed by atoms with E-state index >= 15 is 0 Å².